The van der Waals surface area contributed by atoms with Crippen LogP contribution in [-0.4, -0.2) is 16.4 Å². The van der Waals surface area contributed by atoms with Gasteiger partial charge in [-0.3, -0.25) is 4.79 Å². The number of rotatable bonds is 3. The van der Waals surface area contributed by atoms with Crippen molar-refractivity contribution < 1.29 is 4.79 Å². The summed E-state index contributed by atoms with van der Waals surface area (Å²) in [5, 5.41) is 8.06. The third-order valence-corrected chi connectivity index (χ3v) is 9.22. The molecular weight excluding hydrogens is 474 g/mol. The molecule has 3 aliphatic carbocycles. The van der Waals surface area contributed by atoms with E-state index in [-0.39, 0.29) is 17.2 Å². The summed E-state index contributed by atoms with van der Waals surface area (Å²) in [7, 11) is 0. The minimum Gasteiger partial charge on any atom is -0.317 e. The first-order chi connectivity index (χ1) is 17.9. The van der Waals surface area contributed by atoms with Gasteiger partial charge in [-0.1, -0.05) is 91.9 Å². The number of anilines is 1. The van der Waals surface area contributed by atoms with Gasteiger partial charge in [0.05, 0.1) is 5.69 Å². The maximum Gasteiger partial charge on any atom is 0.247 e. The number of aryl methyl sites for hydroxylation is 1. The van der Waals surface area contributed by atoms with Crippen molar-refractivity contribution in [3.05, 3.63) is 118 Å². The van der Waals surface area contributed by atoms with Gasteiger partial charge in [0.15, 0.2) is 5.13 Å². The van der Waals surface area contributed by atoms with Gasteiger partial charge in [0, 0.05) is 22.3 Å². The zero-order chi connectivity index (χ0) is 25.4. The van der Waals surface area contributed by atoms with Crippen molar-refractivity contribution in [3.63, 3.8) is 0 Å². The van der Waals surface area contributed by atoms with Gasteiger partial charge in [-0.2, -0.15) is 0 Å². The van der Waals surface area contributed by atoms with E-state index in [1.54, 1.807) is 0 Å². The highest BCUT2D eigenvalue weighted by Gasteiger charge is 2.59. The Labute approximate surface area is 220 Å². The van der Waals surface area contributed by atoms with Gasteiger partial charge >= 0.3 is 0 Å². The number of carbonyl (C=O) groups is 1. The number of fused-ring (bicyclic) bond motifs is 2. The van der Waals surface area contributed by atoms with Crippen molar-refractivity contribution in [2.45, 2.75) is 37.1 Å². The number of benzene rings is 4. The van der Waals surface area contributed by atoms with Crippen LogP contribution in [0.4, 0.5) is 5.13 Å². The van der Waals surface area contributed by atoms with Crippen molar-refractivity contribution >= 4 is 33.1 Å². The molecule has 5 heteroatoms. The van der Waals surface area contributed by atoms with Crippen LogP contribution < -0.4 is 11.1 Å². The second kappa shape index (κ2) is 7.85. The lowest BCUT2D eigenvalue weighted by atomic mass is 9.49. The van der Waals surface area contributed by atoms with E-state index in [1.807, 2.05) is 23.6 Å². The molecule has 1 atom stereocenters. The Bertz CT molecular complexity index is 1670. The molecule has 37 heavy (non-hydrogen) atoms. The molecule has 0 aliphatic heterocycles. The number of aromatic nitrogens is 1. The molecule has 3 N–H and O–H groups in total. The molecule has 1 heterocycles. The molecule has 5 aromatic rings. The smallest absolute Gasteiger partial charge is 0.247 e. The van der Waals surface area contributed by atoms with E-state index in [4.69, 9.17) is 10.7 Å². The summed E-state index contributed by atoms with van der Waals surface area (Å²) in [4.78, 5) is 18.8. The topological polar surface area (TPSA) is 68.0 Å². The SMILES string of the molecule is Cc1ccc(-c2csc(NC(=O)C3(N)CC4(C)c5ccccc5C3c3ccccc34)n2)c2ccccc12. The minimum atomic E-state index is -1.08. The van der Waals surface area contributed by atoms with Crippen molar-refractivity contribution in [1.29, 1.82) is 0 Å². The Morgan fingerprint density at radius 2 is 1.54 bits per heavy atom. The highest BCUT2D eigenvalue weighted by Crippen LogP contribution is 2.59. The zero-order valence-corrected chi connectivity index (χ0v) is 21.6. The van der Waals surface area contributed by atoms with Crippen LogP contribution >= 0.6 is 11.3 Å². The van der Waals surface area contributed by atoms with Gasteiger partial charge in [-0.05, 0) is 51.9 Å². The maximum absolute atomic E-state index is 14.0. The summed E-state index contributed by atoms with van der Waals surface area (Å²) in [6.45, 7) is 4.34. The second-order valence-electron chi connectivity index (χ2n) is 10.6. The Hall–Kier alpha value is -3.80. The molecule has 0 spiro atoms. The molecule has 1 aromatic heterocycles. The van der Waals surface area contributed by atoms with Gasteiger partial charge in [-0.15, -0.1) is 11.3 Å². The summed E-state index contributed by atoms with van der Waals surface area (Å²) in [5.41, 5.74) is 13.7. The predicted molar refractivity (Wildman–Crippen MR) is 151 cm³/mol. The molecule has 0 saturated carbocycles. The fourth-order valence-corrected chi connectivity index (χ4v) is 7.51. The first kappa shape index (κ1) is 22.4. The van der Waals surface area contributed by atoms with Gasteiger partial charge in [-0.25, -0.2) is 4.98 Å². The molecule has 1 amide bonds. The first-order valence-corrected chi connectivity index (χ1v) is 13.5. The van der Waals surface area contributed by atoms with Gasteiger partial charge in [0.25, 0.3) is 0 Å². The molecule has 4 nitrogen and oxygen atoms in total. The predicted octanol–water partition coefficient (Wildman–Crippen LogP) is 6.76. The lowest BCUT2D eigenvalue weighted by Crippen LogP contribution is -2.64. The molecule has 2 bridgehead atoms. The average molecular weight is 502 g/mol. The van der Waals surface area contributed by atoms with Crippen LogP contribution in [0.15, 0.2) is 90.3 Å². The van der Waals surface area contributed by atoms with Crippen molar-refractivity contribution in [2.75, 3.05) is 5.32 Å². The number of carbonyl (C=O) groups excluding carboxylic acids is 1. The van der Waals surface area contributed by atoms with Gasteiger partial charge in [0.1, 0.15) is 5.54 Å². The van der Waals surface area contributed by atoms with Crippen molar-refractivity contribution in [3.8, 4) is 11.3 Å². The number of hydrogen-bond acceptors (Lipinski definition) is 4. The van der Waals surface area contributed by atoms with Crippen molar-refractivity contribution in [1.82, 2.24) is 4.98 Å². The maximum atomic E-state index is 14.0. The average Bonchev–Trinajstić information content (AvgIpc) is 3.37. The van der Waals surface area contributed by atoms with Crippen LogP contribution in [-0.2, 0) is 10.2 Å². The number of nitrogens with zero attached hydrogens (tertiary/aromatic N) is 1. The van der Waals surface area contributed by atoms with Crippen molar-refractivity contribution in [2.24, 2.45) is 5.73 Å². The molecule has 0 saturated heterocycles. The standard InChI is InChI=1S/C32H27N3OS/c1-19-15-16-22(21-10-4-3-9-20(19)21)27-17-37-30(34-27)35-29(36)32(33)18-31(2)25-13-7-5-11-23(25)28(32)24-12-6-8-14-26(24)31/h3-17,28H,18,33H2,1-2H3,(H,34,35,36). The quantitative estimate of drug-likeness (QED) is 0.287. The van der Waals surface area contributed by atoms with Crippen LogP contribution in [0.3, 0.4) is 0 Å². The molecule has 182 valence electrons. The number of amides is 1. The summed E-state index contributed by atoms with van der Waals surface area (Å²) in [6.07, 6.45) is 0.547. The van der Waals surface area contributed by atoms with Gasteiger partial charge < -0.3 is 11.1 Å². The third kappa shape index (κ3) is 3.11. The number of nitrogens with two attached hydrogens (primary N) is 1. The largest absolute Gasteiger partial charge is 0.317 e. The second-order valence-corrected chi connectivity index (χ2v) is 11.5. The lowest BCUT2D eigenvalue weighted by Gasteiger charge is -2.55. The minimum absolute atomic E-state index is 0.178. The summed E-state index contributed by atoms with van der Waals surface area (Å²) >= 11 is 1.44. The van der Waals surface area contributed by atoms with E-state index >= 15 is 0 Å². The Morgan fingerprint density at radius 1 is 0.919 bits per heavy atom. The Kier molecular flexibility index (Phi) is 4.75. The van der Waals surface area contributed by atoms with E-state index in [0.29, 0.717) is 11.6 Å². The van der Waals surface area contributed by atoms with Gasteiger partial charge in [0.2, 0.25) is 5.91 Å². The molecular formula is C32H27N3OS. The van der Waals surface area contributed by atoms with E-state index in [1.165, 1.54) is 33.4 Å². The zero-order valence-electron chi connectivity index (χ0n) is 20.8. The summed E-state index contributed by atoms with van der Waals surface area (Å²) < 4.78 is 0. The highest BCUT2D eigenvalue weighted by atomic mass is 32.1. The van der Waals surface area contributed by atoms with Crippen LogP contribution in [0.1, 0.15) is 47.1 Å². The number of thiazole rings is 1. The molecule has 0 fully saturated rings. The molecule has 3 aliphatic rings. The monoisotopic (exact) mass is 501 g/mol. The number of hydrogen-bond donors (Lipinski definition) is 2. The van der Waals surface area contributed by atoms with Crippen LogP contribution in [0, 0.1) is 6.92 Å². The summed E-state index contributed by atoms with van der Waals surface area (Å²) in [6, 6.07) is 29.5. The molecule has 8 rings (SSSR count). The highest BCUT2D eigenvalue weighted by molar-refractivity contribution is 7.14. The third-order valence-electron chi connectivity index (χ3n) is 8.46. The fourth-order valence-electron chi connectivity index (χ4n) is 6.80. The molecule has 4 aromatic carbocycles. The molecule has 1 unspecified atom stereocenters. The summed E-state index contributed by atoms with van der Waals surface area (Å²) in [5.74, 6) is -0.385. The van der Waals surface area contributed by atoms with E-state index < -0.39 is 5.54 Å². The fraction of sp³-hybridized carbons (Fsp3) is 0.188. The lowest BCUT2D eigenvalue weighted by molar-refractivity contribution is -0.123. The van der Waals surface area contributed by atoms with E-state index in [0.717, 1.165) is 27.8 Å². The molecule has 0 radical (unpaired) electrons. The van der Waals surface area contributed by atoms with E-state index in [2.05, 4.69) is 85.9 Å². The van der Waals surface area contributed by atoms with Crippen LogP contribution in [0.2, 0.25) is 0 Å². The normalized spacial score (nSPS) is 23.5. The van der Waals surface area contributed by atoms with Crippen LogP contribution in [0.25, 0.3) is 22.0 Å². The Balaban J connectivity index is 1.26. The first-order valence-electron chi connectivity index (χ1n) is 12.6. The van der Waals surface area contributed by atoms with Crippen LogP contribution in [0.5, 0.6) is 0 Å². The van der Waals surface area contributed by atoms with E-state index in [9.17, 15) is 4.79 Å². The Morgan fingerprint density at radius 3 is 2.24 bits per heavy atom. The number of nitrogens with one attached hydrogen (secondary N) is 1.